The number of methoxy groups -OCH3 is 1. The van der Waals surface area contributed by atoms with Crippen LogP contribution >= 0.6 is 11.8 Å². The van der Waals surface area contributed by atoms with Crippen LogP contribution in [0, 0.1) is 0 Å². The Balaban J connectivity index is 2.21. The number of hydrogen-bond acceptors (Lipinski definition) is 2. The average molecular weight is 210 g/mol. The Kier molecular flexibility index (Phi) is 5.72. The Morgan fingerprint density at radius 3 is 2.57 bits per heavy atom. The molecule has 14 heavy (non-hydrogen) atoms. The normalized spacial score (nSPS) is 12.7. The summed E-state index contributed by atoms with van der Waals surface area (Å²) in [4.78, 5) is 1.35. The number of benzene rings is 1. The second-order valence-electron chi connectivity index (χ2n) is 3.22. The topological polar surface area (TPSA) is 9.23 Å². The van der Waals surface area contributed by atoms with E-state index in [0.29, 0.717) is 6.10 Å². The van der Waals surface area contributed by atoms with Crippen LogP contribution in [-0.2, 0) is 4.74 Å². The Labute approximate surface area is 90.9 Å². The van der Waals surface area contributed by atoms with E-state index in [4.69, 9.17) is 4.74 Å². The predicted molar refractivity (Wildman–Crippen MR) is 62.9 cm³/mol. The summed E-state index contributed by atoms with van der Waals surface area (Å²) >= 11 is 1.90. The molecule has 1 aromatic rings. The molecule has 0 aromatic heterocycles. The van der Waals surface area contributed by atoms with Crippen LogP contribution in [0.4, 0.5) is 0 Å². The van der Waals surface area contributed by atoms with Crippen molar-refractivity contribution in [2.45, 2.75) is 30.8 Å². The third-order valence-electron chi connectivity index (χ3n) is 2.24. The smallest absolute Gasteiger partial charge is 0.0576 e. The summed E-state index contributed by atoms with van der Waals surface area (Å²) in [5.74, 6) is 1.14. The number of thioether (sulfide) groups is 1. The van der Waals surface area contributed by atoms with Crippen LogP contribution in [-0.4, -0.2) is 19.0 Å². The van der Waals surface area contributed by atoms with Gasteiger partial charge in [0.1, 0.15) is 0 Å². The monoisotopic (exact) mass is 210 g/mol. The Morgan fingerprint density at radius 1 is 1.29 bits per heavy atom. The van der Waals surface area contributed by atoms with Gasteiger partial charge < -0.3 is 4.74 Å². The van der Waals surface area contributed by atoms with Gasteiger partial charge in [0, 0.05) is 17.8 Å². The molecule has 0 unspecified atom stereocenters. The van der Waals surface area contributed by atoms with Gasteiger partial charge in [-0.2, -0.15) is 0 Å². The van der Waals surface area contributed by atoms with Crippen molar-refractivity contribution in [2.24, 2.45) is 0 Å². The van der Waals surface area contributed by atoms with E-state index in [2.05, 4.69) is 31.2 Å². The number of hydrogen-bond donors (Lipinski definition) is 0. The quantitative estimate of drug-likeness (QED) is 0.664. The molecule has 0 bridgehead atoms. The highest BCUT2D eigenvalue weighted by Crippen LogP contribution is 2.19. The second kappa shape index (κ2) is 6.91. The van der Waals surface area contributed by atoms with E-state index in [0.717, 1.165) is 18.6 Å². The lowest BCUT2D eigenvalue weighted by molar-refractivity contribution is 0.0974. The Hall–Kier alpha value is -0.470. The summed E-state index contributed by atoms with van der Waals surface area (Å²) in [6.45, 7) is 2.17. The largest absolute Gasteiger partial charge is 0.381 e. The lowest BCUT2D eigenvalue weighted by atomic mass is 10.2. The first-order valence-corrected chi connectivity index (χ1v) is 6.06. The lowest BCUT2D eigenvalue weighted by Crippen LogP contribution is -2.09. The van der Waals surface area contributed by atoms with Crippen molar-refractivity contribution >= 4 is 11.8 Å². The third-order valence-corrected chi connectivity index (χ3v) is 3.29. The summed E-state index contributed by atoms with van der Waals surface area (Å²) in [6, 6.07) is 10.5. The molecule has 0 amide bonds. The number of rotatable bonds is 6. The van der Waals surface area contributed by atoms with Crippen LogP contribution in [0.3, 0.4) is 0 Å². The first-order valence-electron chi connectivity index (χ1n) is 5.07. The van der Waals surface area contributed by atoms with Crippen molar-refractivity contribution in [2.75, 3.05) is 12.9 Å². The van der Waals surface area contributed by atoms with E-state index >= 15 is 0 Å². The van der Waals surface area contributed by atoms with Crippen molar-refractivity contribution < 1.29 is 4.74 Å². The van der Waals surface area contributed by atoms with Gasteiger partial charge in [-0.15, -0.1) is 11.8 Å². The Bertz CT molecular complexity index is 231. The van der Waals surface area contributed by atoms with E-state index in [-0.39, 0.29) is 0 Å². The molecule has 0 aliphatic rings. The molecule has 0 aliphatic carbocycles. The summed E-state index contributed by atoms with van der Waals surface area (Å²) in [7, 11) is 1.79. The first kappa shape index (κ1) is 11.6. The van der Waals surface area contributed by atoms with Gasteiger partial charge >= 0.3 is 0 Å². The first-order chi connectivity index (χ1) is 6.86. The molecule has 1 aromatic carbocycles. The standard InChI is InChI=1S/C12H18OS/c1-3-11(13-2)9-10-14-12-7-5-4-6-8-12/h4-8,11H,3,9-10H2,1-2H3/t11-/m1/s1. The number of ether oxygens (including phenoxy) is 1. The summed E-state index contributed by atoms with van der Waals surface area (Å²) < 4.78 is 5.32. The van der Waals surface area contributed by atoms with Gasteiger partial charge in [0.2, 0.25) is 0 Å². The van der Waals surface area contributed by atoms with Crippen molar-refractivity contribution in [1.82, 2.24) is 0 Å². The van der Waals surface area contributed by atoms with Gasteiger partial charge in [0.25, 0.3) is 0 Å². The van der Waals surface area contributed by atoms with E-state index in [1.165, 1.54) is 4.90 Å². The molecule has 1 rings (SSSR count). The molecule has 0 saturated heterocycles. The summed E-state index contributed by atoms with van der Waals surface area (Å²) in [6.07, 6.45) is 2.66. The fourth-order valence-corrected chi connectivity index (χ4v) is 2.28. The highest BCUT2D eigenvalue weighted by atomic mass is 32.2. The molecule has 2 heteroatoms. The maximum Gasteiger partial charge on any atom is 0.0576 e. The predicted octanol–water partition coefficient (Wildman–Crippen LogP) is 3.59. The summed E-state index contributed by atoms with van der Waals surface area (Å²) in [5, 5.41) is 0. The molecule has 0 saturated carbocycles. The van der Waals surface area contributed by atoms with E-state index < -0.39 is 0 Å². The van der Waals surface area contributed by atoms with Crippen LogP contribution < -0.4 is 0 Å². The van der Waals surface area contributed by atoms with Gasteiger partial charge in [-0.05, 0) is 25.0 Å². The molecular weight excluding hydrogens is 192 g/mol. The SMILES string of the molecule is CC[C@H](CCSc1ccccc1)OC. The lowest BCUT2D eigenvalue weighted by Gasteiger charge is -2.11. The molecule has 0 fully saturated rings. The zero-order valence-corrected chi connectivity index (χ0v) is 9.72. The van der Waals surface area contributed by atoms with E-state index in [1.807, 2.05) is 17.8 Å². The molecule has 78 valence electrons. The van der Waals surface area contributed by atoms with Crippen LogP contribution in [0.15, 0.2) is 35.2 Å². The van der Waals surface area contributed by atoms with Gasteiger partial charge in [-0.1, -0.05) is 25.1 Å². The van der Waals surface area contributed by atoms with Gasteiger partial charge in [-0.25, -0.2) is 0 Å². The molecule has 0 spiro atoms. The zero-order valence-electron chi connectivity index (χ0n) is 8.90. The minimum Gasteiger partial charge on any atom is -0.381 e. The van der Waals surface area contributed by atoms with Crippen LogP contribution in [0.5, 0.6) is 0 Å². The maximum atomic E-state index is 5.32. The molecule has 1 atom stereocenters. The summed E-state index contributed by atoms with van der Waals surface area (Å²) in [5.41, 5.74) is 0. The van der Waals surface area contributed by atoms with Crippen molar-refractivity contribution in [1.29, 1.82) is 0 Å². The average Bonchev–Trinajstić information content (AvgIpc) is 2.26. The molecule has 0 N–H and O–H groups in total. The Morgan fingerprint density at radius 2 is 2.00 bits per heavy atom. The minimum atomic E-state index is 0.422. The molecule has 1 nitrogen and oxygen atoms in total. The van der Waals surface area contributed by atoms with Gasteiger partial charge in [-0.3, -0.25) is 0 Å². The fourth-order valence-electron chi connectivity index (χ4n) is 1.31. The minimum absolute atomic E-state index is 0.422. The second-order valence-corrected chi connectivity index (χ2v) is 4.38. The van der Waals surface area contributed by atoms with Gasteiger partial charge in [0.15, 0.2) is 0 Å². The van der Waals surface area contributed by atoms with Crippen LogP contribution in [0.25, 0.3) is 0 Å². The van der Waals surface area contributed by atoms with Gasteiger partial charge in [0.05, 0.1) is 6.10 Å². The molecule has 0 aliphatic heterocycles. The molecule has 0 heterocycles. The highest BCUT2D eigenvalue weighted by molar-refractivity contribution is 7.99. The van der Waals surface area contributed by atoms with Crippen molar-refractivity contribution in [3.05, 3.63) is 30.3 Å². The maximum absolute atomic E-state index is 5.32. The fraction of sp³-hybridized carbons (Fsp3) is 0.500. The van der Waals surface area contributed by atoms with Crippen LogP contribution in [0.2, 0.25) is 0 Å². The van der Waals surface area contributed by atoms with Crippen LogP contribution in [0.1, 0.15) is 19.8 Å². The van der Waals surface area contributed by atoms with E-state index in [1.54, 1.807) is 7.11 Å². The third kappa shape index (κ3) is 4.16. The van der Waals surface area contributed by atoms with Crippen molar-refractivity contribution in [3.8, 4) is 0 Å². The van der Waals surface area contributed by atoms with E-state index in [9.17, 15) is 0 Å². The zero-order chi connectivity index (χ0) is 10.2. The van der Waals surface area contributed by atoms with Crippen molar-refractivity contribution in [3.63, 3.8) is 0 Å². The highest BCUT2D eigenvalue weighted by Gasteiger charge is 2.03. The molecule has 0 radical (unpaired) electrons. The molecular formula is C12H18OS.